The molecule has 1 N–H and O–H groups in total. The van der Waals surface area contributed by atoms with Gasteiger partial charge in [-0.25, -0.2) is 4.39 Å². The van der Waals surface area contributed by atoms with E-state index in [0.29, 0.717) is 17.1 Å². The van der Waals surface area contributed by atoms with Crippen LogP contribution in [0.3, 0.4) is 0 Å². The maximum Gasteiger partial charge on any atom is 0.146 e. The lowest BCUT2D eigenvalue weighted by Crippen LogP contribution is -2.31. The molecule has 0 saturated heterocycles. The zero-order valence-corrected chi connectivity index (χ0v) is 10.9. The molecule has 1 aromatic carbocycles. The Morgan fingerprint density at radius 1 is 1.00 bits per heavy atom. The van der Waals surface area contributed by atoms with E-state index in [9.17, 15) is 4.39 Å². The monoisotopic (exact) mass is 247 g/mol. The Bertz CT molecular complexity index is 399. The molecule has 0 bridgehead atoms. The van der Waals surface area contributed by atoms with Crippen molar-refractivity contribution in [2.75, 3.05) is 5.32 Å². The second-order valence-corrected chi connectivity index (χ2v) is 6.11. The minimum Gasteiger partial charge on any atom is -0.380 e. The predicted octanol–water partition coefficient (Wildman–Crippen LogP) is 4.74. The fourth-order valence-electron chi connectivity index (χ4n) is 3.80. The molecule has 0 unspecified atom stereocenters. The molecular formula is C16H22FN. The first-order valence-corrected chi connectivity index (χ1v) is 7.29. The fourth-order valence-corrected chi connectivity index (χ4v) is 3.80. The third-order valence-electron chi connectivity index (χ3n) is 4.94. The quantitative estimate of drug-likeness (QED) is 0.796. The van der Waals surface area contributed by atoms with Gasteiger partial charge in [0.1, 0.15) is 5.82 Å². The summed E-state index contributed by atoms with van der Waals surface area (Å²) >= 11 is 0. The Morgan fingerprint density at radius 3 is 2.33 bits per heavy atom. The van der Waals surface area contributed by atoms with Crippen molar-refractivity contribution in [3.05, 3.63) is 30.1 Å². The number of hydrogen-bond donors (Lipinski definition) is 1. The first kappa shape index (κ1) is 12.0. The maximum atomic E-state index is 13.6. The van der Waals surface area contributed by atoms with Crippen molar-refractivity contribution < 1.29 is 4.39 Å². The van der Waals surface area contributed by atoms with Gasteiger partial charge < -0.3 is 5.32 Å². The molecule has 1 nitrogen and oxygen atoms in total. The highest BCUT2D eigenvalue weighted by Gasteiger charge is 2.37. The second-order valence-electron chi connectivity index (χ2n) is 6.11. The van der Waals surface area contributed by atoms with Crippen molar-refractivity contribution in [2.45, 2.75) is 57.4 Å². The van der Waals surface area contributed by atoms with Gasteiger partial charge in [0, 0.05) is 6.04 Å². The van der Waals surface area contributed by atoms with Gasteiger partial charge in [-0.3, -0.25) is 0 Å². The smallest absolute Gasteiger partial charge is 0.146 e. The Hall–Kier alpha value is -1.05. The summed E-state index contributed by atoms with van der Waals surface area (Å²) in [5, 5.41) is 3.38. The van der Waals surface area contributed by atoms with Crippen LogP contribution < -0.4 is 5.32 Å². The van der Waals surface area contributed by atoms with Gasteiger partial charge in [0.25, 0.3) is 0 Å². The van der Waals surface area contributed by atoms with E-state index in [2.05, 4.69) is 5.32 Å². The summed E-state index contributed by atoms with van der Waals surface area (Å²) in [5.41, 5.74) is 1.33. The molecule has 98 valence electrons. The first-order valence-electron chi connectivity index (χ1n) is 7.29. The number of nitrogens with one attached hydrogen (secondary N) is 1. The van der Waals surface area contributed by atoms with Gasteiger partial charge in [0.05, 0.1) is 5.69 Å². The van der Waals surface area contributed by atoms with E-state index in [1.165, 1.54) is 57.4 Å². The van der Waals surface area contributed by atoms with Crippen LogP contribution in [-0.4, -0.2) is 6.04 Å². The lowest BCUT2D eigenvalue weighted by Gasteiger charge is -2.37. The van der Waals surface area contributed by atoms with Gasteiger partial charge in [-0.1, -0.05) is 25.0 Å². The molecule has 1 spiro atoms. The maximum absolute atomic E-state index is 13.6. The fraction of sp³-hybridized carbons (Fsp3) is 0.625. The van der Waals surface area contributed by atoms with E-state index >= 15 is 0 Å². The highest BCUT2D eigenvalue weighted by atomic mass is 19.1. The molecule has 2 aliphatic carbocycles. The topological polar surface area (TPSA) is 12.0 Å². The average Bonchev–Trinajstić information content (AvgIpc) is 2.84. The number of para-hydroxylation sites is 1. The zero-order chi connectivity index (χ0) is 12.4. The second kappa shape index (κ2) is 4.91. The van der Waals surface area contributed by atoms with Crippen LogP contribution in [0.25, 0.3) is 0 Å². The van der Waals surface area contributed by atoms with Gasteiger partial charge in [0.15, 0.2) is 0 Å². The minimum atomic E-state index is -0.126. The minimum absolute atomic E-state index is 0.126. The van der Waals surface area contributed by atoms with Crippen LogP contribution in [0, 0.1) is 11.2 Å². The zero-order valence-electron chi connectivity index (χ0n) is 10.9. The molecule has 0 amide bonds. The normalized spacial score (nSPS) is 23.4. The Balaban J connectivity index is 1.59. The van der Waals surface area contributed by atoms with Gasteiger partial charge >= 0.3 is 0 Å². The van der Waals surface area contributed by atoms with Crippen molar-refractivity contribution >= 4 is 5.69 Å². The Morgan fingerprint density at radius 2 is 1.67 bits per heavy atom. The number of benzene rings is 1. The molecule has 0 radical (unpaired) electrons. The van der Waals surface area contributed by atoms with Crippen molar-refractivity contribution in [1.82, 2.24) is 0 Å². The van der Waals surface area contributed by atoms with Crippen LogP contribution >= 0.6 is 0 Å². The number of hydrogen-bond acceptors (Lipinski definition) is 1. The molecule has 3 rings (SSSR count). The van der Waals surface area contributed by atoms with Crippen LogP contribution in [0.15, 0.2) is 24.3 Å². The van der Waals surface area contributed by atoms with Crippen LogP contribution in [0.4, 0.5) is 10.1 Å². The molecular weight excluding hydrogens is 225 g/mol. The lowest BCUT2D eigenvalue weighted by atomic mass is 9.71. The molecule has 0 aromatic heterocycles. The molecule has 2 aliphatic rings. The Labute approximate surface area is 109 Å². The summed E-state index contributed by atoms with van der Waals surface area (Å²) in [6.07, 6.45) is 10.8. The molecule has 2 fully saturated rings. The number of anilines is 1. The van der Waals surface area contributed by atoms with Crippen LogP contribution in [0.2, 0.25) is 0 Å². The predicted molar refractivity (Wildman–Crippen MR) is 73.2 cm³/mol. The molecule has 18 heavy (non-hydrogen) atoms. The number of rotatable bonds is 2. The van der Waals surface area contributed by atoms with E-state index in [-0.39, 0.29) is 5.82 Å². The van der Waals surface area contributed by atoms with Crippen LogP contribution in [0.1, 0.15) is 51.4 Å². The summed E-state index contributed by atoms with van der Waals surface area (Å²) in [7, 11) is 0. The first-order chi connectivity index (χ1) is 8.77. The van der Waals surface area contributed by atoms with Crippen molar-refractivity contribution in [1.29, 1.82) is 0 Å². The van der Waals surface area contributed by atoms with Gasteiger partial charge in [-0.05, 0) is 56.1 Å². The van der Waals surface area contributed by atoms with Crippen LogP contribution in [-0.2, 0) is 0 Å². The van der Waals surface area contributed by atoms with E-state index in [1.54, 1.807) is 6.07 Å². The summed E-state index contributed by atoms with van der Waals surface area (Å²) in [5.74, 6) is -0.126. The van der Waals surface area contributed by atoms with E-state index in [1.807, 2.05) is 12.1 Å². The molecule has 1 aromatic rings. The number of halogens is 1. The van der Waals surface area contributed by atoms with Crippen molar-refractivity contribution in [2.24, 2.45) is 5.41 Å². The molecule has 0 heterocycles. The SMILES string of the molecule is Fc1ccccc1NC1CCC2(CCCC2)CC1. The van der Waals surface area contributed by atoms with Crippen LogP contribution in [0.5, 0.6) is 0 Å². The van der Waals surface area contributed by atoms with Gasteiger partial charge in [-0.2, -0.15) is 0 Å². The molecule has 0 aliphatic heterocycles. The summed E-state index contributed by atoms with van der Waals surface area (Å²) in [6.45, 7) is 0. The van der Waals surface area contributed by atoms with E-state index in [4.69, 9.17) is 0 Å². The average molecular weight is 247 g/mol. The van der Waals surface area contributed by atoms with Gasteiger partial charge in [0.2, 0.25) is 0 Å². The summed E-state index contributed by atoms with van der Waals surface area (Å²) < 4.78 is 13.6. The van der Waals surface area contributed by atoms with E-state index < -0.39 is 0 Å². The van der Waals surface area contributed by atoms with Crippen molar-refractivity contribution in [3.63, 3.8) is 0 Å². The Kier molecular flexibility index (Phi) is 3.27. The van der Waals surface area contributed by atoms with E-state index in [0.717, 1.165) is 0 Å². The standard InChI is InChI=1S/C16H22FN/c17-14-5-1-2-6-15(14)18-13-7-11-16(12-8-13)9-3-4-10-16/h1-2,5-6,13,18H,3-4,7-12H2. The summed E-state index contributed by atoms with van der Waals surface area (Å²) in [6, 6.07) is 7.48. The lowest BCUT2D eigenvalue weighted by molar-refractivity contribution is 0.188. The van der Waals surface area contributed by atoms with Gasteiger partial charge in [-0.15, -0.1) is 0 Å². The third kappa shape index (κ3) is 2.38. The summed E-state index contributed by atoms with van der Waals surface area (Å²) in [4.78, 5) is 0. The molecule has 0 atom stereocenters. The third-order valence-corrected chi connectivity index (χ3v) is 4.94. The highest BCUT2D eigenvalue weighted by Crippen LogP contribution is 2.49. The highest BCUT2D eigenvalue weighted by molar-refractivity contribution is 5.45. The molecule has 2 heteroatoms. The largest absolute Gasteiger partial charge is 0.380 e. The molecule has 2 saturated carbocycles. The van der Waals surface area contributed by atoms with Crippen molar-refractivity contribution in [3.8, 4) is 0 Å².